The summed E-state index contributed by atoms with van der Waals surface area (Å²) in [6.07, 6.45) is 0. The Labute approximate surface area is 199 Å². The molecular weight excluding hydrogens is 459 g/mol. The second kappa shape index (κ2) is 10.3. The second-order valence-corrected chi connectivity index (χ2v) is 8.10. The van der Waals surface area contributed by atoms with Crippen LogP contribution in [0.1, 0.15) is 13.8 Å². The van der Waals surface area contributed by atoms with Gasteiger partial charge in [0.1, 0.15) is 17.5 Å². The molecule has 4 aromatic rings. The monoisotopic (exact) mass is 481 g/mol. The van der Waals surface area contributed by atoms with Crippen LogP contribution >= 0.6 is 0 Å². The predicted octanol–water partition coefficient (Wildman–Crippen LogP) is 6.03. The van der Waals surface area contributed by atoms with E-state index < -0.39 is 23.5 Å². The molecule has 0 saturated carbocycles. The molecule has 180 valence electrons. The van der Waals surface area contributed by atoms with Gasteiger partial charge in [0.15, 0.2) is 5.82 Å². The highest BCUT2D eigenvalue weighted by Crippen LogP contribution is 2.25. The summed E-state index contributed by atoms with van der Waals surface area (Å²) >= 11 is 0. The minimum atomic E-state index is -0.887. The van der Waals surface area contributed by atoms with E-state index in [0.717, 1.165) is 12.1 Å². The van der Waals surface area contributed by atoms with Crippen molar-refractivity contribution in [1.29, 1.82) is 0 Å². The lowest BCUT2D eigenvalue weighted by molar-refractivity contribution is 0.251. The maximum atomic E-state index is 13.8. The van der Waals surface area contributed by atoms with Crippen molar-refractivity contribution in [3.05, 3.63) is 84.2 Å². The average molecular weight is 481 g/mol. The third-order valence-electron chi connectivity index (χ3n) is 4.77. The van der Waals surface area contributed by atoms with Gasteiger partial charge in [0.25, 0.3) is 0 Å². The lowest BCUT2D eigenvalue weighted by Crippen LogP contribution is -2.20. The molecule has 0 spiro atoms. The summed E-state index contributed by atoms with van der Waals surface area (Å²) in [5, 5.41) is 9.31. The van der Waals surface area contributed by atoms with E-state index in [0.29, 0.717) is 35.4 Å². The zero-order chi connectivity index (χ0) is 24.9. The second-order valence-electron chi connectivity index (χ2n) is 8.10. The Bertz CT molecular complexity index is 1340. The van der Waals surface area contributed by atoms with E-state index in [1.807, 2.05) is 13.8 Å². The van der Waals surface area contributed by atoms with Gasteiger partial charge < -0.3 is 15.4 Å². The minimum Gasteiger partial charge on any atom is -0.462 e. The molecular formula is C25H22F3N5O2. The number of benzene rings is 3. The summed E-state index contributed by atoms with van der Waals surface area (Å²) in [6, 6.07) is 14.9. The summed E-state index contributed by atoms with van der Waals surface area (Å²) in [6.45, 7) is 4.41. The molecule has 0 fully saturated rings. The van der Waals surface area contributed by atoms with Crippen molar-refractivity contribution in [2.75, 3.05) is 17.2 Å². The van der Waals surface area contributed by atoms with Crippen LogP contribution in [0.25, 0.3) is 17.1 Å². The lowest BCUT2D eigenvalue weighted by Gasteiger charge is -2.10. The number of hydrogen-bond donors (Lipinski definition) is 2. The number of aromatic nitrogens is 3. The van der Waals surface area contributed by atoms with Crippen molar-refractivity contribution in [3.63, 3.8) is 0 Å². The molecule has 2 amide bonds. The zero-order valence-corrected chi connectivity index (χ0v) is 18.9. The number of urea groups is 1. The third-order valence-corrected chi connectivity index (χ3v) is 4.77. The third kappa shape index (κ3) is 5.97. The van der Waals surface area contributed by atoms with Gasteiger partial charge in [0.05, 0.1) is 18.0 Å². The number of anilines is 2. The van der Waals surface area contributed by atoms with Gasteiger partial charge in [-0.05, 0) is 54.4 Å². The molecule has 0 aliphatic carbocycles. The SMILES string of the molecule is CC(C)COc1nc(-c2cccc(F)c2)n(-c2ccc(NC(=O)Nc3ccc(F)cc3F)cc2)n1. The Morgan fingerprint density at radius 2 is 1.71 bits per heavy atom. The summed E-state index contributed by atoms with van der Waals surface area (Å²) in [5.74, 6) is -1.40. The standard InChI is InChI=1S/C25H22F3N5O2/c1-15(2)14-35-25-31-23(16-4-3-5-17(26)12-16)33(32-25)20-9-7-19(8-10-20)29-24(34)30-22-11-6-18(27)13-21(22)28/h3-13,15H,14H2,1-2H3,(H2,29,30,34). The van der Waals surface area contributed by atoms with Crippen LogP contribution in [0, 0.1) is 23.4 Å². The number of carbonyl (C=O) groups excluding carboxylic acids is 1. The van der Waals surface area contributed by atoms with Crippen LogP contribution in [-0.4, -0.2) is 27.4 Å². The fourth-order valence-corrected chi connectivity index (χ4v) is 3.15. The largest absolute Gasteiger partial charge is 0.462 e. The van der Waals surface area contributed by atoms with Gasteiger partial charge in [0.2, 0.25) is 0 Å². The van der Waals surface area contributed by atoms with Crippen molar-refractivity contribution in [3.8, 4) is 23.1 Å². The quantitative estimate of drug-likeness (QED) is 0.338. The molecule has 35 heavy (non-hydrogen) atoms. The first-order valence-corrected chi connectivity index (χ1v) is 10.8. The Balaban J connectivity index is 1.55. The number of amides is 2. The van der Waals surface area contributed by atoms with E-state index in [-0.39, 0.29) is 17.6 Å². The highest BCUT2D eigenvalue weighted by Gasteiger charge is 2.16. The molecule has 0 aliphatic rings. The van der Waals surface area contributed by atoms with Crippen molar-refractivity contribution < 1.29 is 22.7 Å². The van der Waals surface area contributed by atoms with E-state index in [1.165, 1.54) is 16.8 Å². The van der Waals surface area contributed by atoms with E-state index in [4.69, 9.17) is 4.74 Å². The van der Waals surface area contributed by atoms with Gasteiger partial charge in [-0.2, -0.15) is 4.98 Å². The molecule has 10 heteroatoms. The number of rotatable bonds is 7. The molecule has 2 N–H and O–H groups in total. The molecule has 0 radical (unpaired) electrons. The number of carbonyl (C=O) groups is 1. The van der Waals surface area contributed by atoms with Gasteiger partial charge in [-0.25, -0.2) is 22.6 Å². The molecule has 7 nitrogen and oxygen atoms in total. The van der Waals surface area contributed by atoms with Gasteiger partial charge in [-0.15, -0.1) is 5.10 Å². The fourth-order valence-electron chi connectivity index (χ4n) is 3.15. The number of nitrogens with zero attached hydrogens (tertiary/aromatic N) is 3. The number of nitrogens with one attached hydrogen (secondary N) is 2. The average Bonchev–Trinajstić information content (AvgIpc) is 3.24. The topological polar surface area (TPSA) is 81.1 Å². The van der Waals surface area contributed by atoms with Crippen molar-refractivity contribution in [1.82, 2.24) is 14.8 Å². The zero-order valence-electron chi connectivity index (χ0n) is 18.9. The number of ether oxygens (including phenoxy) is 1. The van der Waals surface area contributed by atoms with Crippen molar-refractivity contribution in [2.45, 2.75) is 13.8 Å². The van der Waals surface area contributed by atoms with Crippen LogP contribution in [0.2, 0.25) is 0 Å². The molecule has 0 unspecified atom stereocenters. The number of hydrogen-bond acceptors (Lipinski definition) is 4. The van der Waals surface area contributed by atoms with Crippen LogP contribution in [0.3, 0.4) is 0 Å². The maximum Gasteiger partial charge on any atom is 0.336 e. The Morgan fingerprint density at radius 3 is 2.40 bits per heavy atom. The highest BCUT2D eigenvalue weighted by molar-refractivity contribution is 5.99. The van der Waals surface area contributed by atoms with Gasteiger partial charge in [-0.3, -0.25) is 0 Å². The maximum absolute atomic E-state index is 13.8. The molecule has 0 bridgehead atoms. The fraction of sp³-hybridized carbons (Fsp3) is 0.160. The molecule has 3 aromatic carbocycles. The van der Waals surface area contributed by atoms with E-state index in [2.05, 4.69) is 20.7 Å². The molecule has 0 saturated heterocycles. The van der Waals surface area contributed by atoms with E-state index in [1.54, 1.807) is 36.4 Å². The summed E-state index contributed by atoms with van der Waals surface area (Å²) in [7, 11) is 0. The summed E-state index contributed by atoms with van der Waals surface area (Å²) in [4.78, 5) is 16.6. The minimum absolute atomic E-state index is 0.154. The van der Waals surface area contributed by atoms with Crippen LogP contribution < -0.4 is 15.4 Å². The normalized spacial score (nSPS) is 10.9. The first-order chi connectivity index (χ1) is 16.8. The van der Waals surface area contributed by atoms with Crippen LogP contribution in [0.5, 0.6) is 6.01 Å². The van der Waals surface area contributed by atoms with Crippen molar-refractivity contribution >= 4 is 17.4 Å². The molecule has 1 heterocycles. The summed E-state index contributed by atoms with van der Waals surface area (Å²) in [5.41, 5.74) is 1.36. The van der Waals surface area contributed by atoms with Gasteiger partial charge in [0, 0.05) is 17.3 Å². The number of halogens is 3. The molecule has 1 aromatic heterocycles. The molecule has 4 rings (SSSR count). The Kier molecular flexibility index (Phi) is 7.00. The lowest BCUT2D eigenvalue weighted by atomic mass is 10.2. The summed E-state index contributed by atoms with van der Waals surface area (Å²) < 4.78 is 47.8. The Morgan fingerprint density at radius 1 is 0.971 bits per heavy atom. The van der Waals surface area contributed by atoms with Crippen LogP contribution in [-0.2, 0) is 0 Å². The molecule has 0 aliphatic heterocycles. The first-order valence-electron chi connectivity index (χ1n) is 10.8. The molecule has 0 atom stereocenters. The van der Waals surface area contributed by atoms with E-state index in [9.17, 15) is 18.0 Å². The first kappa shape index (κ1) is 23.8. The van der Waals surface area contributed by atoms with Gasteiger partial charge in [-0.1, -0.05) is 26.0 Å². The van der Waals surface area contributed by atoms with E-state index >= 15 is 0 Å². The van der Waals surface area contributed by atoms with Crippen LogP contribution in [0.15, 0.2) is 66.7 Å². The van der Waals surface area contributed by atoms with Crippen LogP contribution in [0.4, 0.5) is 29.3 Å². The highest BCUT2D eigenvalue weighted by atomic mass is 19.1. The van der Waals surface area contributed by atoms with Crippen molar-refractivity contribution in [2.24, 2.45) is 5.92 Å². The smallest absolute Gasteiger partial charge is 0.336 e. The predicted molar refractivity (Wildman–Crippen MR) is 126 cm³/mol. The van der Waals surface area contributed by atoms with Gasteiger partial charge >= 0.3 is 12.0 Å². The Hall–Kier alpha value is -4.34.